The van der Waals surface area contributed by atoms with Crippen LogP contribution in [0, 0.1) is 0 Å². The van der Waals surface area contributed by atoms with Gasteiger partial charge < -0.3 is 10.2 Å². The summed E-state index contributed by atoms with van der Waals surface area (Å²) >= 11 is 0. The van der Waals surface area contributed by atoms with Crippen molar-refractivity contribution in [2.45, 2.75) is 13.3 Å². The highest BCUT2D eigenvalue weighted by molar-refractivity contribution is 5.75. The molecular weight excluding hydrogens is 188 g/mol. The van der Waals surface area contributed by atoms with E-state index < -0.39 is 0 Å². The van der Waals surface area contributed by atoms with Crippen LogP contribution in [0.15, 0.2) is 30.3 Å². The highest BCUT2D eigenvalue weighted by Gasteiger charge is 2.00. The molecule has 0 aliphatic carbocycles. The van der Waals surface area contributed by atoms with Crippen molar-refractivity contribution in [3.05, 3.63) is 30.3 Å². The highest BCUT2D eigenvalue weighted by atomic mass is 16.1. The Morgan fingerprint density at radius 1 is 1.33 bits per heavy atom. The van der Waals surface area contributed by atoms with Gasteiger partial charge in [0.25, 0.3) is 0 Å². The predicted molar refractivity (Wildman–Crippen MR) is 63.0 cm³/mol. The van der Waals surface area contributed by atoms with Crippen LogP contribution in [0.2, 0.25) is 0 Å². The van der Waals surface area contributed by atoms with Gasteiger partial charge in [-0.2, -0.15) is 0 Å². The number of para-hydroxylation sites is 1. The monoisotopic (exact) mass is 206 g/mol. The Hall–Kier alpha value is -1.51. The van der Waals surface area contributed by atoms with Crippen molar-refractivity contribution in [1.29, 1.82) is 0 Å². The first-order valence-corrected chi connectivity index (χ1v) is 5.27. The minimum atomic E-state index is 0.108. The maximum atomic E-state index is 11.0. The van der Waals surface area contributed by atoms with Gasteiger partial charge in [-0.1, -0.05) is 25.1 Å². The fourth-order valence-electron chi connectivity index (χ4n) is 1.30. The summed E-state index contributed by atoms with van der Waals surface area (Å²) in [4.78, 5) is 13.1. The number of hydrogen-bond acceptors (Lipinski definition) is 2. The molecule has 0 spiro atoms. The molecule has 0 heterocycles. The third-order valence-electron chi connectivity index (χ3n) is 2.29. The van der Waals surface area contributed by atoms with Crippen LogP contribution in [-0.4, -0.2) is 26.0 Å². The minimum absolute atomic E-state index is 0.108. The second kappa shape index (κ2) is 6.06. The molecule has 0 saturated heterocycles. The highest BCUT2D eigenvalue weighted by Crippen LogP contribution is 2.09. The Balaban J connectivity index is 2.31. The Morgan fingerprint density at radius 2 is 2.00 bits per heavy atom. The van der Waals surface area contributed by atoms with E-state index in [9.17, 15) is 4.79 Å². The number of benzene rings is 1. The van der Waals surface area contributed by atoms with Crippen LogP contribution in [0.4, 0.5) is 5.69 Å². The summed E-state index contributed by atoms with van der Waals surface area (Å²) in [5, 5.41) is 2.85. The van der Waals surface area contributed by atoms with E-state index in [1.54, 1.807) is 0 Å². The van der Waals surface area contributed by atoms with E-state index in [0.29, 0.717) is 13.0 Å². The van der Waals surface area contributed by atoms with Gasteiger partial charge in [-0.05, 0) is 12.1 Å². The molecule has 82 valence electrons. The SMILES string of the molecule is CCC(=O)NCCN(C)c1ccccc1. The average molecular weight is 206 g/mol. The van der Waals surface area contributed by atoms with E-state index in [1.807, 2.05) is 32.2 Å². The number of carbonyl (C=O) groups excluding carboxylic acids is 1. The van der Waals surface area contributed by atoms with E-state index in [0.717, 1.165) is 6.54 Å². The fraction of sp³-hybridized carbons (Fsp3) is 0.417. The number of hydrogen-bond donors (Lipinski definition) is 1. The first-order chi connectivity index (χ1) is 7.24. The predicted octanol–water partition coefficient (Wildman–Crippen LogP) is 1.65. The van der Waals surface area contributed by atoms with E-state index in [2.05, 4.69) is 22.3 Å². The number of nitrogens with one attached hydrogen (secondary N) is 1. The molecule has 0 radical (unpaired) electrons. The molecule has 3 heteroatoms. The summed E-state index contributed by atoms with van der Waals surface area (Å²) in [6.07, 6.45) is 0.551. The number of carbonyl (C=O) groups is 1. The van der Waals surface area contributed by atoms with Gasteiger partial charge in [0.15, 0.2) is 0 Å². The molecule has 0 saturated carbocycles. The molecule has 1 rings (SSSR count). The second-order valence-electron chi connectivity index (χ2n) is 3.46. The van der Waals surface area contributed by atoms with Crippen LogP contribution < -0.4 is 10.2 Å². The summed E-state index contributed by atoms with van der Waals surface area (Å²) in [6, 6.07) is 10.1. The van der Waals surface area contributed by atoms with Crippen LogP contribution in [0.1, 0.15) is 13.3 Å². The molecule has 0 aliphatic rings. The van der Waals surface area contributed by atoms with Crippen molar-refractivity contribution in [3.63, 3.8) is 0 Å². The third kappa shape index (κ3) is 4.02. The van der Waals surface area contributed by atoms with E-state index in [1.165, 1.54) is 5.69 Å². The van der Waals surface area contributed by atoms with Crippen LogP contribution in [0.5, 0.6) is 0 Å². The largest absolute Gasteiger partial charge is 0.373 e. The number of anilines is 1. The Bertz CT molecular complexity index is 298. The molecule has 0 unspecified atom stereocenters. The van der Waals surface area contributed by atoms with Crippen molar-refractivity contribution >= 4 is 11.6 Å². The number of likely N-dealkylation sites (N-methyl/N-ethyl adjacent to an activating group) is 1. The fourth-order valence-corrected chi connectivity index (χ4v) is 1.30. The van der Waals surface area contributed by atoms with Crippen LogP contribution >= 0.6 is 0 Å². The lowest BCUT2D eigenvalue weighted by Gasteiger charge is -2.19. The van der Waals surface area contributed by atoms with Crippen molar-refractivity contribution < 1.29 is 4.79 Å². The summed E-state index contributed by atoms with van der Waals surface area (Å²) < 4.78 is 0. The zero-order valence-electron chi connectivity index (χ0n) is 9.36. The molecule has 0 fully saturated rings. The van der Waals surface area contributed by atoms with E-state index in [-0.39, 0.29) is 5.91 Å². The maximum Gasteiger partial charge on any atom is 0.219 e. The molecule has 1 aromatic rings. The maximum absolute atomic E-state index is 11.0. The van der Waals surface area contributed by atoms with Gasteiger partial charge in [0.2, 0.25) is 5.91 Å². The van der Waals surface area contributed by atoms with Crippen molar-refractivity contribution in [3.8, 4) is 0 Å². The lowest BCUT2D eigenvalue weighted by Crippen LogP contribution is -2.32. The smallest absolute Gasteiger partial charge is 0.219 e. The first-order valence-electron chi connectivity index (χ1n) is 5.27. The Morgan fingerprint density at radius 3 is 2.60 bits per heavy atom. The van der Waals surface area contributed by atoms with Gasteiger partial charge in [-0.25, -0.2) is 0 Å². The molecule has 1 N–H and O–H groups in total. The molecule has 0 aliphatic heterocycles. The Kier molecular flexibility index (Phi) is 4.68. The van der Waals surface area contributed by atoms with Gasteiger partial charge in [0.05, 0.1) is 0 Å². The van der Waals surface area contributed by atoms with Gasteiger partial charge >= 0.3 is 0 Å². The standard InChI is InChI=1S/C12H18N2O/c1-3-12(15)13-9-10-14(2)11-7-5-4-6-8-11/h4-8H,3,9-10H2,1-2H3,(H,13,15). The van der Waals surface area contributed by atoms with Gasteiger partial charge in [0.1, 0.15) is 0 Å². The quantitative estimate of drug-likeness (QED) is 0.794. The second-order valence-corrected chi connectivity index (χ2v) is 3.46. The van der Waals surface area contributed by atoms with Gasteiger partial charge in [-0.15, -0.1) is 0 Å². The molecule has 15 heavy (non-hydrogen) atoms. The zero-order chi connectivity index (χ0) is 11.1. The average Bonchev–Trinajstić information content (AvgIpc) is 2.29. The lowest BCUT2D eigenvalue weighted by molar-refractivity contribution is -0.120. The molecule has 3 nitrogen and oxygen atoms in total. The lowest BCUT2D eigenvalue weighted by atomic mass is 10.3. The summed E-state index contributed by atoms with van der Waals surface area (Å²) in [5.74, 6) is 0.108. The summed E-state index contributed by atoms with van der Waals surface area (Å²) in [7, 11) is 2.02. The summed E-state index contributed by atoms with van der Waals surface area (Å²) in [6.45, 7) is 3.38. The normalized spacial score (nSPS) is 9.73. The van der Waals surface area contributed by atoms with E-state index >= 15 is 0 Å². The summed E-state index contributed by atoms with van der Waals surface area (Å²) in [5.41, 5.74) is 1.17. The third-order valence-corrected chi connectivity index (χ3v) is 2.29. The number of nitrogens with zero attached hydrogens (tertiary/aromatic N) is 1. The molecule has 1 aromatic carbocycles. The number of amides is 1. The van der Waals surface area contributed by atoms with Gasteiger partial charge in [0, 0.05) is 32.2 Å². The molecule has 0 atom stereocenters. The molecule has 0 bridgehead atoms. The molecule has 0 aromatic heterocycles. The Labute approximate surface area is 91.1 Å². The zero-order valence-corrected chi connectivity index (χ0v) is 9.36. The first kappa shape index (κ1) is 11.6. The minimum Gasteiger partial charge on any atom is -0.373 e. The van der Waals surface area contributed by atoms with Crippen LogP contribution in [0.3, 0.4) is 0 Å². The molecular formula is C12H18N2O. The number of rotatable bonds is 5. The van der Waals surface area contributed by atoms with Crippen molar-refractivity contribution in [2.75, 3.05) is 25.0 Å². The van der Waals surface area contributed by atoms with Crippen molar-refractivity contribution in [1.82, 2.24) is 5.32 Å². The van der Waals surface area contributed by atoms with Crippen LogP contribution in [0.25, 0.3) is 0 Å². The van der Waals surface area contributed by atoms with Crippen LogP contribution in [-0.2, 0) is 4.79 Å². The van der Waals surface area contributed by atoms with Crippen molar-refractivity contribution in [2.24, 2.45) is 0 Å². The van der Waals surface area contributed by atoms with Gasteiger partial charge in [-0.3, -0.25) is 4.79 Å². The van der Waals surface area contributed by atoms with E-state index in [4.69, 9.17) is 0 Å². The topological polar surface area (TPSA) is 32.3 Å². The molecule has 1 amide bonds.